The van der Waals surface area contributed by atoms with Gasteiger partial charge in [-0.3, -0.25) is 4.79 Å². The van der Waals surface area contributed by atoms with Crippen LogP contribution in [-0.2, 0) is 9.53 Å². The summed E-state index contributed by atoms with van der Waals surface area (Å²) in [5, 5.41) is 3.25. The number of hydrogen-bond acceptors (Lipinski definition) is 3. The number of nitrogens with one attached hydrogen (secondary N) is 1. The van der Waals surface area contributed by atoms with Crippen LogP contribution in [0.4, 0.5) is 0 Å². The van der Waals surface area contributed by atoms with Gasteiger partial charge in [0.05, 0.1) is 5.92 Å². The molecule has 0 spiro atoms. The SMILES string of the molecule is C[C@@H]1CNC[C@@H](C(=O)OC(C)(C)C)C1. The van der Waals surface area contributed by atoms with Gasteiger partial charge in [0.2, 0.25) is 0 Å². The maximum Gasteiger partial charge on any atom is 0.310 e. The predicted molar refractivity (Wildman–Crippen MR) is 56.0 cm³/mol. The summed E-state index contributed by atoms with van der Waals surface area (Å²) < 4.78 is 5.35. The van der Waals surface area contributed by atoms with Crippen LogP contribution >= 0.6 is 0 Å². The lowest BCUT2D eigenvalue weighted by Gasteiger charge is -2.29. The second kappa shape index (κ2) is 4.30. The molecule has 1 fully saturated rings. The third kappa shape index (κ3) is 3.66. The summed E-state index contributed by atoms with van der Waals surface area (Å²) in [6, 6.07) is 0. The fourth-order valence-electron chi connectivity index (χ4n) is 1.72. The number of esters is 1. The predicted octanol–water partition coefficient (Wildman–Crippen LogP) is 1.57. The average molecular weight is 199 g/mol. The summed E-state index contributed by atoms with van der Waals surface area (Å²) in [6.45, 7) is 9.65. The monoisotopic (exact) mass is 199 g/mol. The topological polar surface area (TPSA) is 38.3 Å². The minimum absolute atomic E-state index is 0.0398. The molecule has 1 heterocycles. The first kappa shape index (κ1) is 11.5. The number of hydrogen-bond donors (Lipinski definition) is 1. The molecular weight excluding hydrogens is 178 g/mol. The lowest BCUT2D eigenvalue weighted by Crippen LogP contribution is -2.41. The zero-order chi connectivity index (χ0) is 10.8. The Kier molecular flexibility index (Phi) is 3.53. The molecule has 14 heavy (non-hydrogen) atoms. The standard InChI is InChI=1S/C11H21NO2/c1-8-5-9(7-12-6-8)10(13)14-11(2,3)4/h8-9,12H,5-7H2,1-4H3/t8-,9-/m0/s1. The smallest absolute Gasteiger partial charge is 0.310 e. The molecule has 2 atom stereocenters. The van der Waals surface area contributed by atoms with Crippen molar-refractivity contribution in [3.8, 4) is 0 Å². The van der Waals surface area contributed by atoms with Gasteiger partial charge in [0.25, 0.3) is 0 Å². The summed E-state index contributed by atoms with van der Waals surface area (Å²) in [7, 11) is 0. The Labute approximate surface area is 86.2 Å². The molecule has 1 N–H and O–H groups in total. The maximum absolute atomic E-state index is 11.7. The lowest BCUT2D eigenvalue weighted by atomic mass is 9.92. The quantitative estimate of drug-likeness (QED) is 0.651. The van der Waals surface area contributed by atoms with Crippen molar-refractivity contribution in [3.05, 3.63) is 0 Å². The van der Waals surface area contributed by atoms with Gasteiger partial charge in [-0.25, -0.2) is 0 Å². The van der Waals surface area contributed by atoms with Gasteiger partial charge in [-0.1, -0.05) is 6.92 Å². The van der Waals surface area contributed by atoms with Gasteiger partial charge in [0, 0.05) is 6.54 Å². The van der Waals surface area contributed by atoms with Crippen LogP contribution in [0.1, 0.15) is 34.1 Å². The molecule has 0 bridgehead atoms. The molecule has 0 unspecified atom stereocenters. The third-order valence-electron chi connectivity index (χ3n) is 2.31. The Bertz CT molecular complexity index is 208. The van der Waals surface area contributed by atoms with Gasteiger partial charge >= 0.3 is 5.97 Å². The second-order valence-corrected chi connectivity index (χ2v) is 5.23. The Morgan fingerprint density at radius 1 is 1.36 bits per heavy atom. The van der Waals surface area contributed by atoms with Gasteiger partial charge < -0.3 is 10.1 Å². The van der Waals surface area contributed by atoms with E-state index in [0.29, 0.717) is 5.92 Å². The number of carbonyl (C=O) groups excluding carboxylic acids is 1. The van der Waals surface area contributed by atoms with Crippen molar-refractivity contribution in [1.29, 1.82) is 0 Å². The van der Waals surface area contributed by atoms with Crippen molar-refractivity contribution < 1.29 is 9.53 Å². The van der Waals surface area contributed by atoms with Crippen molar-refractivity contribution in [2.24, 2.45) is 11.8 Å². The number of piperidine rings is 1. The molecule has 1 aliphatic rings. The highest BCUT2D eigenvalue weighted by Gasteiger charge is 2.28. The van der Waals surface area contributed by atoms with Crippen LogP contribution in [0.5, 0.6) is 0 Å². The van der Waals surface area contributed by atoms with E-state index >= 15 is 0 Å². The van der Waals surface area contributed by atoms with Gasteiger partial charge in [-0.05, 0) is 39.7 Å². The van der Waals surface area contributed by atoms with Crippen molar-refractivity contribution in [1.82, 2.24) is 5.32 Å². The Morgan fingerprint density at radius 3 is 2.50 bits per heavy atom. The van der Waals surface area contributed by atoms with E-state index in [9.17, 15) is 4.79 Å². The summed E-state index contributed by atoms with van der Waals surface area (Å²) in [6.07, 6.45) is 0.946. The summed E-state index contributed by atoms with van der Waals surface area (Å²) in [5.41, 5.74) is -0.363. The van der Waals surface area contributed by atoms with Gasteiger partial charge in [-0.15, -0.1) is 0 Å². The van der Waals surface area contributed by atoms with Gasteiger partial charge in [-0.2, -0.15) is 0 Å². The van der Waals surface area contributed by atoms with Crippen molar-refractivity contribution in [3.63, 3.8) is 0 Å². The summed E-state index contributed by atoms with van der Waals surface area (Å²) >= 11 is 0. The van der Waals surface area contributed by atoms with Crippen LogP contribution in [0.25, 0.3) is 0 Å². The van der Waals surface area contributed by atoms with Crippen molar-refractivity contribution >= 4 is 5.97 Å². The van der Waals surface area contributed by atoms with Crippen LogP contribution in [0, 0.1) is 11.8 Å². The molecule has 0 amide bonds. The highest BCUT2D eigenvalue weighted by Crippen LogP contribution is 2.19. The molecular formula is C11H21NO2. The molecule has 3 heteroatoms. The first-order valence-corrected chi connectivity index (χ1v) is 5.32. The molecule has 0 aromatic carbocycles. The zero-order valence-electron chi connectivity index (χ0n) is 9.59. The molecule has 1 aliphatic heterocycles. The molecule has 3 nitrogen and oxygen atoms in total. The first-order chi connectivity index (χ1) is 6.38. The molecule has 0 radical (unpaired) electrons. The van der Waals surface area contributed by atoms with Gasteiger partial charge in [0.15, 0.2) is 0 Å². The Morgan fingerprint density at radius 2 is 2.00 bits per heavy atom. The number of carbonyl (C=O) groups is 1. The maximum atomic E-state index is 11.7. The van der Waals surface area contributed by atoms with E-state index in [1.807, 2.05) is 20.8 Å². The minimum Gasteiger partial charge on any atom is -0.460 e. The normalized spacial score (nSPS) is 28.6. The van der Waals surface area contributed by atoms with E-state index in [-0.39, 0.29) is 17.5 Å². The number of ether oxygens (including phenoxy) is 1. The minimum atomic E-state index is -0.363. The molecule has 1 rings (SSSR count). The highest BCUT2D eigenvalue weighted by molar-refractivity contribution is 5.73. The second-order valence-electron chi connectivity index (χ2n) is 5.23. The van der Waals surface area contributed by atoms with E-state index < -0.39 is 0 Å². The van der Waals surface area contributed by atoms with Crippen LogP contribution in [-0.4, -0.2) is 24.7 Å². The molecule has 1 saturated heterocycles. The fraction of sp³-hybridized carbons (Fsp3) is 0.909. The van der Waals surface area contributed by atoms with E-state index in [2.05, 4.69) is 12.2 Å². The molecule has 0 saturated carbocycles. The lowest BCUT2D eigenvalue weighted by molar-refractivity contribution is -0.161. The van der Waals surface area contributed by atoms with Crippen LogP contribution < -0.4 is 5.32 Å². The number of rotatable bonds is 1. The van der Waals surface area contributed by atoms with Crippen LogP contribution in [0.15, 0.2) is 0 Å². The van der Waals surface area contributed by atoms with Crippen molar-refractivity contribution in [2.75, 3.05) is 13.1 Å². The third-order valence-corrected chi connectivity index (χ3v) is 2.31. The first-order valence-electron chi connectivity index (χ1n) is 5.32. The van der Waals surface area contributed by atoms with E-state index in [4.69, 9.17) is 4.74 Å². The van der Waals surface area contributed by atoms with E-state index in [1.165, 1.54) is 0 Å². The molecule has 0 aromatic heterocycles. The van der Waals surface area contributed by atoms with Crippen LogP contribution in [0.2, 0.25) is 0 Å². The average Bonchev–Trinajstić information content (AvgIpc) is 2.01. The fourth-order valence-corrected chi connectivity index (χ4v) is 1.72. The Hall–Kier alpha value is -0.570. The molecule has 0 aromatic rings. The highest BCUT2D eigenvalue weighted by atomic mass is 16.6. The van der Waals surface area contributed by atoms with E-state index in [1.54, 1.807) is 0 Å². The van der Waals surface area contributed by atoms with Crippen LogP contribution in [0.3, 0.4) is 0 Å². The largest absolute Gasteiger partial charge is 0.460 e. The zero-order valence-corrected chi connectivity index (χ0v) is 9.59. The summed E-state index contributed by atoms with van der Waals surface area (Å²) in [4.78, 5) is 11.7. The van der Waals surface area contributed by atoms with E-state index in [0.717, 1.165) is 19.5 Å². The van der Waals surface area contributed by atoms with Crippen molar-refractivity contribution in [2.45, 2.75) is 39.7 Å². The molecule has 0 aliphatic carbocycles. The Balaban J connectivity index is 2.44. The summed E-state index contributed by atoms with van der Waals surface area (Å²) in [5.74, 6) is 0.552. The molecule has 82 valence electrons. The van der Waals surface area contributed by atoms with Gasteiger partial charge in [0.1, 0.15) is 5.60 Å².